The van der Waals surface area contributed by atoms with Crippen LogP contribution in [-0.2, 0) is 9.59 Å². The molecule has 1 aliphatic carbocycles. The molecule has 1 aliphatic rings. The highest BCUT2D eigenvalue weighted by atomic mass is 16.4. The first kappa shape index (κ1) is 17.0. The summed E-state index contributed by atoms with van der Waals surface area (Å²) in [7, 11) is 0. The lowest BCUT2D eigenvalue weighted by molar-refractivity contribution is -0.140. The van der Waals surface area contributed by atoms with E-state index >= 15 is 0 Å². The summed E-state index contributed by atoms with van der Waals surface area (Å²) in [6, 6.07) is 0. The lowest BCUT2D eigenvalue weighted by Gasteiger charge is -2.38. The van der Waals surface area contributed by atoms with Gasteiger partial charge >= 0.3 is 5.97 Å². The largest absolute Gasteiger partial charge is 0.481 e. The van der Waals surface area contributed by atoms with Gasteiger partial charge in [0.15, 0.2) is 0 Å². The van der Waals surface area contributed by atoms with Crippen LogP contribution in [0.3, 0.4) is 0 Å². The zero-order valence-corrected chi connectivity index (χ0v) is 12.9. The summed E-state index contributed by atoms with van der Waals surface area (Å²) in [4.78, 5) is 23.5. The van der Waals surface area contributed by atoms with Gasteiger partial charge < -0.3 is 10.4 Å². The second-order valence-corrected chi connectivity index (χ2v) is 6.15. The maximum Gasteiger partial charge on any atom is 0.305 e. The third kappa shape index (κ3) is 5.14. The van der Waals surface area contributed by atoms with E-state index in [0.29, 0.717) is 0 Å². The second kappa shape index (κ2) is 8.28. The minimum Gasteiger partial charge on any atom is -0.481 e. The molecule has 20 heavy (non-hydrogen) atoms. The molecule has 0 aromatic heterocycles. The van der Waals surface area contributed by atoms with E-state index in [9.17, 15) is 9.59 Å². The van der Waals surface area contributed by atoms with E-state index in [-0.39, 0.29) is 18.2 Å². The minimum atomic E-state index is -0.811. The van der Waals surface area contributed by atoms with Crippen LogP contribution in [0.25, 0.3) is 0 Å². The summed E-state index contributed by atoms with van der Waals surface area (Å²) in [6.45, 7) is 4.16. The van der Waals surface area contributed by atoms with Crippen molar-refractivity contribution in [2.45, 2.75) is 83.6 Å². The van der Waals surface area contributed by atoms with Crippen molar-refractivity contribution in [1.29, 1.82) is 0 Å². The standard InChI is InChI=1S/C16H29NO3/c1-3-5-9-13(4-2)15(20)17-16(12-14(18)19)10-7-6-8-11-16/h13H,3-12H2,1-2H3,(H,17,20)(H,18,19). The summed E-state index contributed by atoms with van der Waals surface area (Å²) in [5.74, 6) is -0.722. The Morgan fingerprint density at radius 2 is 1.85 bits per heavy atom. The van der Waals surface area contributed by atoms with Crippen LogP contribution in [0.1, 0.15) is 78.1 Å². The lowest BCUT2D eigenvalue weighted by Crippen LogP contribution is -2.52. The Bertz CT molecular complexity index is 322. The predicted octanol–water partition coefficient (Wildman–Crippen LogP) is 3.50. The van der Waals surface area contributed by atoms with Gasteiger partial charge in [0.05, 0.1) is 12.0 Å². The van der Waals surface area contributed by atoms with Crippen molar-refractivity contribution in [2.75, 3.05) is 0 Å². The van der Waals surface area contributed by atoms with Gasteiger partial charge in [0.1, 0.15) is 0 Å². The predicted molar refractivity (Wildman–Crippen MR) is 79.5 cm³/mol. The molecule has 2 N–H and O–H groups in total. The van der Waals surface area contributed by atoms with Crippen LogP contribution in [-0.4, -0.2) is 22.5 Å². The number of carbonyl (C=O) groups is 2. The van der Waals surface area contributed by atoms with Gasteiger partial charge in [-0.3, -0.25) is 9.59 Å². The number of amides is 1. The van der Waals surface area contributed by atoms with E-state index in [0.717, 1.165) is 57.8 Å². The van der Waals surface area contributed by atoms with E-state index in [2.05, 4.69) is 12.2 Å². The molecule has 0 saturated heterocycles. The normalized spacial score (nSPS) is 19.3. The summed E-state index contributed by atoms with van der Waals surface area (Å²) >= 11 is 0. The Kier molecular flexibility index (Phi) is 7.03. The second-order valence-electron chi connectivity index (χ2n) is 6.15. The molecule has 116 valence electrons. The van der Waals surface area contributed by atoms with Crippen molar-refractivity contribution < 1.29 is 14.7 Å². The smallest absolute Gasteiger partial charge is 0.305 e. The van der Waals surface area contributed by atoms with Crippen LogP contribution in [0.15, 0.2) is 0 Å². The van der Waals surface area contributed by atoms with Crippen LogP contribution < -0.4 is 5.32 Å². The molecule has 0 radical (unpaired) electrons. The maximum atomic E-state index is 12.4. The van der Waals surface area contributed by atoms with Gasteiger partial charge in [-0.1, -0.05) is 46.0 Å². The number of carboxylic acid groups (broad SMARTS) is 1. The molecule has 1 unspecified atom stereocenters. The zero-order valence-electron chi connectivity index (χ0n) is 12.9. The topological polar surface area (TPSA) is 66.4 Å². The lowest BCUT2D eigenvalue weighted by atomic mass is 9.78. The Balaban J connectivity index is 2.67. The third-order valence-electron chi connectivity index (χ3n) is 4.46. The number of hydrogen-bond donors (Lipinski definition) is 2. The van der Waals surface area contributed by atoms with Crippen LogP contribution >= 0.6 is 0 Å². The van der Waals surface area contributed by atoms with Crippen molar-refractivity contribution >= 4 is 11.9 Å². The number of carboxylic acids is 1. The number of carbonyl (C=O) groups excluding carboxylic acids is 1. The molecule has 4 heteroatoms. The number of hydrogen-bond acceptors (Lipinski definition) is 2. The molecule has 0 aromatic carbocycles. The summed E-state index contributed by atoms with van der Waals surface area (Å²) in [5, 5.41) is 12.2. The molecule has 0 aliphatic heterocycles. The molecule has 0 heterocycles. The quantitative estimate of drug-likeness (QED) is 0.716. The number of rotatable bonds is 8. The minimum absolute atomic E-state index is 0.0301. The van der Waals surface area contributed by atoms with Crippen molar-refractivity contribution in [1.82, 2.24) is 5.32 Å². The van der Waals surface area contributed by atoms with Crippen LogP contribution in [0.2, 0.25) is 0 Å². The van der Waals surface area contributed by atoms with Crippen LogP contribution in [0, 0.1) is 5.92 Å². The van der Waals surface area contributed by atoms with E-state index in [1.165, 1.54) is 0 Å². The van der Waals surface area contributed by atoms with Gasteiger partial charge in [-0.2, -0.15) is 0 Å². The molecule has 0 spiro atoms. The fourth-order valence-corrected chi connectivity index (χ4v) is 3.20. The molecule has 1 amide bonds. The summed E-state index contributed by atoms with van der Waals surface area (Å²) in [5.41, 5.74) is -0.499. The van der Waals surface area contributed by atoms with Gasteiger partial charge in [-0.25, -0.2) is 0 Å². The molecule has 0 aromatic rings. The SMILES string of the molecule is CCCCC(CC)C(=O)NC1(CC(=O)O)CCCCC1. The first-order chi connectivity index (χ1) is 9.53. The highest BCUT2D eigenvalue weighted by Gasteiger charge is 2.36. The molecule has 1 rings (SSSR count). The summed E-state index contributed by atoms with van der Waals surface area (Å²) < 4.78 is 0. The molecular formula is C16H29NO3. The molecule has 1 atom stereocenters. The number of unbranched alkanes of at least 4 members (excludes halogenated alkanes) is 1. The summed E-state index contributed by atoms with van der Waals surface area (Å²) in [6.07, 6.45) is 8.70. The molecule has 1 saturated carbocycles. The third-order valence-corrected chi connectivity index (χ3v) is 4.46. The fourth-order valence-electron chi connectivity index (χ4n) is 3.20. The van der Waals surface area contributed by atoms with Gasteiger partial charge in [0.25, 0.3) is 0 Å². The Labute approximate surface area is 122 Å². The Hall–Kier alpha value is -1.06. The average Bonchev–Trinajstić information content (AvgIpc) is 2.39. The van der Waals surface area contributed by atoms with Crippen LogP contribution in [0.5, 0.6) is 0 Å². The molecule has 1 fully saturated rings. The highest BCUT2D eigenvalue weighted by molar-refractivity contribution is 5.80. The Morgan fingerprint density at radius 1 is 1.20 bits per heavy atom. The zero-order chi connectivity index (χ0) is 15.0. The average molecular weight is 283 g/mol. The van der Waals surface area contributed by atoms with E-state index < -0.39 is 11.5 Å². The van der Waals surface area contributed by atoms with Crippen molar-refractivity contribution in [2.24, 2.45) is 5.92 Å². The van der Waals surface area contributed by atoms with Crippen molar-refractivity contribution in [3.63, 3.8) is 0 Å². The first-order valence-electron chi connectivity index (χ1n) is 8.07. The van der Waals surface area contributed by atoms with Gasteiger partial charge in [-0.05, 0) is 25.7 Å². The number of aliphatic carboxylic acids is 1. The van der Waals surface area contributed by atoms with Crippen molar-refractivity contribution in [3.8, 4) is 0 Å². The molecule has 0 bridgehead atoms. The number of nitrogens with one attached hydrogen (secondary N) is 1. The van der Waals surface area contributed by atoms with Crippen LogP contribution in [0.4, 0.5) is 0 Å². The molecule has 4 nitrogen and oxygen atoms in total. The fraction of sp³-hybridized carbons (Fsp3) is 0.875. The van der Waals surface area contributed by atoms with E-state index in [4.69, 9.17) is 5.11 Å². The van der Waals surface area contributed by atoms with E-state index in [1.807, 2.05) is 6.92 Å². The first-order valence-corrected chi connectivity index (χ1v) is 8.07. The molecular weight excluding hydrogens is 254 g/mol. The van der Waals surface area contributed by atoms with Gasteiger partial charge in [-0.15, -0.1) is 0 Å². The maximum absolute atomic E-state index is 12.4. The highest BCUT2D eigenvalue weighted by Crippen LogP contribution is 2.32. The van der Waals surface area contributed by atoms with Crippen molar-refractivity contribution in [3.05, 3.63) is 0 Å². The van der Waals surface area contributed by atoms with E-state index in [1.54, 1.807) is 0 Å². The monoisotopic (exact) mass is 283 g/mol. The van der Waals surface area contributed by atoms with Gasteiger partial charge in [0.2, 0.25) is 5.91 Å². The Morgan fingerprint density at radius 3 is 2.35 bits per heavy atom. The van der Waals surface area contributed by atoms with Gasteiger partial charge in [0, 0.05) is 5.92 Å².